The van der Waals surface area contributed by atoms with Gasteiger partial charge >= 0.3 is 12.1 Å². The first-order chi connectivity index (χ1) is 16.8. The first kappa shape index (κ1) is 24.8. The summed E-state index contributed by atoms with van der Waals surface area (Å²) in [5.41, 5.74) is 4.56. The molecule has 2 amide bonds. The number of hydrogen-bond acceptors (Lipinski definition) is 4. The van der Waals surface area contributed by atoms with Crippen LogP contribution >= 0.6 is 0 Å². The van der Waals surface area contributed by atoms with Gasteiger partial charge in [0.1, 0.15) is 12.6 Å². The molecule has 35 heavy (non-hydrogen) atoms. The number of hydrogen-bond donors (Lipinski definition) is 3. The Labute approximate surface area is 206 Å². The molecule has 0 heterocycles. The molecule has 7 nitrogen and oxygen atoms in total. The van der Waals surface area contributed by atoms with Crippen LogP contribution in [0.5, 0.6) is 0 Å². The minimum absolute atomic E-state index is 0.0549. The van der Waals surface area contributed by atoms with E-state index in [2.05, 4.69) is 34.9 Å². The summed E-state index contributed by atoms with van der Waals surface area (Å²) in [5, 5.41) is 15.0. The second-order valence-electron chi connectivity index (χ2n) is 10.1. The zero-order chi connectivity index (χ0) is 24.9. The third-order valence-corrected chi connectivity index (χ3v) is 7.03. The average molecular weight is 479 g/mol. The Morgan fingerprint density at radius 1 is 1.00 bits per heavy atom. The molecule has 3 unspecified atom stereocenters. The SMILES string of the molecule is CC(C)CC(NC(=O)OCC1c2ccccc2-c2ccccc21)C(=O)NC1CCCC(C(=O)O)C1. The smallest absolute Gasteiger partial charge is 0.407 e. The van der Waals surface area contributed by atoms with Crippen molar-refractivity contribution >= 4 is 18.0 Å². The van der Waals surface area contributed by atoms with Crippen LogP contribution in [0.4, 0.5) is 4.79 Å². The number of ether oxygens (including phenoxy) is 1. The van der Waals surface area contributed by atoms with Gasteiger partial charge in [0, 0.05) is 12.0 Å². The van der Waals surface area contributed by atoms with E-state index in [1.807, 2.05) is 38.1 Å². The van der Waals surface area contributed by atoms with Crippen molar-refractivity contribution in [3.63, 3.8) is 0 Å². The molecule has 2 aliphatic carbocycles. The van der Waals surface area contributed by atoms with Crippen molar-refractivity contribution < 1.29 is 24.2 Å². The van der Waals surface area contributed by atoms with Crippen LogP contribution in [0.2, 0.25) is 0 Å². The summed E-state index contributed by atoms with van der Waals surface area (Å²) in [4.78, 5) is 37.1. The fourth-order valence-corrected chi connectivity index (χ4v) is 5.33. The summed E-state index contributed by atoms with van der Waals surface area (Å²) < 4.78 is 5.63. The summed E-state index contributed by atoms with van der Waals surface area (Å²) in [7, 11) is 0. The zero-order valence-electron chi connectivity index (χ0n) is 20.3. The Balaban J connectivity index is 1.38. The van der Waals surface area contributed by atoms with Gasteiger partial charge in [-0.3, -0.25) is 9.59 Å². The lowest BCUT2D eigenvalue weighted by Gasteiger charge is -2.29. The highest BCUT2D eigenvalue weighted by molar-refractivity contribution is 5.86. The fraction of sp³-hybridized carbons (Fsp3) is 0.464. The molecular formula is C28H34N2O5. The number of aliphatic carboxylic acids is 1. The molecule has 0 saturated heterocycles. The minimum Gasteiger partial charge on any atom is -0.481 e. The zero-order valence-corrected chi connectivity index (χ0v) is 20.3. The third-order valence-electron chi connectivity index (χ3n) is 7.03. The quantitative estimate of drug-likeness (QED) is 0.510. The number of carboxylic acids is 1. The Kier molecular flexibility index (Phi) is 7.73. The number of rotatable bonds is 8. The Hall–Kier alpha value is -3.35. The number of carboxylic acid groups (broad SMARTS) is 1. The predicted molar refractivity (Wildman–Crippen MR) is 133 cm³/mol. The summed E-state index contributed by atoms with van der Waals surface area (Å²) >= 11 is 0. The van der Waals surface area contributed by atoms with Crippen molar-refractivity contribution in [3.8, 4) is 11.1 Å². The molecule has 3 N–H and O–H groups in total. The van der Waals surface area contributed by atoms with Gasteiger partial charge in [-0.05, 0) is 53.9 Å². The van der Waals surface area contributed by atoms with E-state index in [1.165, 1.54) is 0 Å². The van der Waals surface area contributed by atoms with Crippen LogP contribution < -0.4 is 10.6 Å². The molecule has 7 heteroatoms. The monoisotopic (exact) mass is 478 g/mol. The molecule has 2 aliphatic rings. The van der Waals surface area contributed by atoms with E-state index in [0.29, 0.717) is 19.3 Å². The van der Waals surface area contributed by atoms with E-state index < -0.39 is 24.0 Å². The number of benzene rings is 2. The van der Waals surface area contributed by atoms with Crippen LogP contribution in [-0.4, -0.2) is 41.8 Å². The second-order valence-corrected chi connectivity index (χ2v) is 10.1. The van der Waals surface area contributed by atoms with Gasteiger partial charge in [-0.2, -0.15) is 0 Å². The van der Waals surface area contributed by atoms with Gasteiger partial charge in [-0.1, -0.05) is 68.8 Å². The summed E-state index contributed by atoms with van der Waals surface area (Å²) in [6, 6.07) is 15.3. The number of nitrogens with one attached hydrogen (secondary N) is 2. The lowest BCUT2D eigenvalue weighted by Crippen LogP contribution is -2.51. The summed E-state index contributed by atoms with van der Waals surface area (Å²) in [6.07, 6.45) is 2.39. The van der Waals surface area contributed by atoms with E-state index >= 15 is 0 Å². The topological polar surface area (TPSA) is 105 Å². The largest absolute Gasteiger partial charge is 0.481 e. The van der Waals surface area contributed by atoms with Crippen LogP contribution in [0, 0.1) is 11.8 Å². The van der Waals surface area contributed by atoms with Crippen molar-refractivity contribution in [1.29, 1.82) is 0 Å². The van der Waals surface area contributed by atoms with Crippen LogP contribution in [-0.2, 0) is 14.3 Å². The van der Waals surface area contributed by atoms with Gasteiger partial charge in [0.15, 0.2) is 0 Å². The number of amides is 2. The maximum Gasteiger partial charge on any atom is 0.407 e. The van der Waals surface area contributed by atoms with Crippen LogP contribution in [0.1, 0.15) is 63.0 Å². The van der Waals surface area contributed by atoms with Crippen molar-refractivity contribution in [3.05, 3.63) is 59.7 Å². The molecule has 4 rings (SSSR count). The second kappa shape index (κ2) is 10.9. The van der Waals surface area contributed by atoms with Crippen molar-refractivity contribution in [1.82, 2.24) is 10.6 Å². The number of carbonyl (C=O) groups is 3. The average Bonchev–Trinajstić information content (AvgIpc) is 3.16. The minimum atomic E-state index is -0.820. The van der Waals surface area contributed by atoms with Crippen LogP contribution in [0.3, 0.4) is 0 Å². The van der Waals surface area contributed by atoms with Gasteiger partial charge in [0.05, 0.1) is 5.92 Å². The Morgan fingerprint density at radius 2 is 1.63 bits per heavy atom. The first-order valence-electron chi connectivity index (χ1n) is 12.5. The third kappa shape index (κ3) is 5.84. The molecule has 0 aromatic heterocycles. The molecule has 2 aromatic carbocycles. The van der Waals surface area contributed by atoms with Crippen LogP contribution in [0.15, 0.2) is 48.5 Å². The summed E-state index contributed by atoms with van der Waals surface area (Å²) in [6.45, 7) is 4.15. The molecule has 186 valence electrons. The first-order valence-corrected chi connectivity index (χ1v) is 12.5. The van der Waals surface area contributed by atoms with Crippen molar-refractivity contribution in [2.45, 2.75) is 64.0 Å². The molecule has 0 spiro atoms. The van der Waals surface area contributed by atoms with Gasteiger partial charge < -0.3 is 20.5 Å². The molecule has 3 atom stereocenters. The number of fused-ring (bicyclic) bond motifs is 3. The highest BCUT2D eigenvalue weighted by Gasteiger charge is 2.32. The Morgan fingerprint density at radius 3 is 2.23 bits per heavy atom. The van der Waals surface area contributed by atoms with Crippen molar-refractivity contribution in [2.24, 2.45) is 11.8 Å². The molecule has 0 aliphatic heterocycles. The van der Waals surface area contributed by atoms with E-state index in [0.717, 1.165) is 35.1 Å². The highest BCUT2D eigenvalue weighted by Crippen LogP contribution is 2.44. The number of alkyl carbamates (subject to hydrolysis) is 1. The lowest BCUT2D eigenvalue weighted by molar-refractivity contribution is -0.143. The molecule has 0 radical (unpaired) electrons. The van der Waals surface area contributed by atoms with E-state index in [-0.39, 0.29) is 30.4 Å². The molecule has 2 aromatic rings. The molecule has 1 saturated carbocycles. The fourth-order valence-electron chi connectivity index (χ4n) is 5.33. The van der Waals surface area contributed by atoms with E-state index in [1.54, 1.807) is 0 Å². The van der Waals surface area contributed by atoms with Gasteiger partial charge in [-0.25, -0.2) is 4.79 Å². The Bertz CT molecular complexity index is 1040. The maximum absolute atomic E-state index is 13.0. The molecular weight excluding hydrogens is 444 g/mol. The number of carbonyl (C=O) groups excluding carboxylic acids is 2. The lowest BCUT2D eigenvalue weighted by atomic mass is 9.85. The summed E-state index contributed by atoms with van der Waals surface area (Å²) in [5.74, 6) is -1.42. The molecule has 0 bridgehead atoms. The van der Waals surface area contributed by atoms with Gasteiger partial charge in [0.25, 0.3) is 0 Å². The predicted octanol–water partition coefficient (Wildman–Crippen LogP) is 4.70. The maximum atomic E-state index is 13.0. The normalized spacial score (nSPS) is 20.0. The standard InChI is InChI=1S/C28H34N2O5/c1-17(2)14-25(26(31)29-19-9-7-8-18(15-19)27(32)33)30-28(34)35-16-24-22-12-5-3-10-20(22)21-11-4-6-13-23(21)24/h3-6,10-13,17-19,24-25H,7-9,14-16H2,1-2H3,(H,29,31)(H,30,34)(H,32,33). The van der Waals surface area contributed by atoms with E-state index in [9.17, 15) is 19.5 Å². The van der Waals surface area contributed by atoms with Gasteiger partial charge in [-0.15, -0.1) is 0 Å². The van der Waals surface area contributed by atoms with Crippen molar-refractivity contribution in [2.75, 3.05) is 6.61 Å². The highest BCUT2D eigenvalue weighted by atomic mass is 16.5. The van der Waals surface area contributed by atoms with E-state index in [4.69, 9.17) is 4.74 Å². The molecule has 1 fully saturated rings. The van der Waals surface area contributed by atoms with Crippen LogP contribution in [0.25, 0.3) is 11.1 Å². The van der Waals surface area contributed by atoms with Gasteiger partial charge in [0.2, 0.25) is 5.91 Å².